The second-order valence-corrected chi connectivity index (χ2v) is 11.3. The fourth-order valence-electron chi connectivity index (χ4n) is 6.83. The first-order valence-electron chi connectivity index (χ1n) is 13.9. The maximum atomic E-state index is 13.5. The zero-order valence-electron chi connectivity index (χ0n) is 23.4. The Balaban J connectivity index is 1.59. The van der Waals surface area contributed by atoms with Crippen LogP contribution in [0.1, 0.15) is 56.2 Å². The van der Waals surface area contributed by atoms with Gasteiger partial charge in [-0.05, 0) is 66.3 Å². The first-order chi connectivity index (χ1) is 18.7. The summed E-state index contributed by atoms with van der Waals surface area (Å²) in [6, 6.07) is 13.4. The first kappa shape index (κ1) is 27.0. The van der Waals surface area contributed by atoms with E-state index in [-0.39, 0.29) is 17.2 Å². The van der Waals surface area contributed by atoms with E-state index in [9.17, 15) is 19.8 Å². The molecule has 7 heteroatoms. The third kappa shape index (κ3) is 4.42. The van der Waals surface area contributed by atoms with Gasteiger partial charge in [0, 0.05) is 69.9 Å². The molecule has 2 aromatic rings. The van der Waals surface area contributed by atoms with Crippen molar-refractivity contribution in [2.24, 2.45) is 0 Å². The van der Waals surface area contributed by atoms with Gasteiger partial charge >= 0.3 is 0 Å². The van der Waals surface area contributed by atoms with E-state index in [1.165, 1.54) is 0 Å². The Kier molecular flexibility index (Phi) is 7.06. The van der Waals surface area contributed by atoms with E-state index in [0.29, 0.717) is 38.6 Å². The minimum atomic E-state index is -1.12. The fourth-order valence-corrected chi connectivity index (χ4v) is 6.83. The molecule has 0 aromatic heterocycles. The number of anilines is 1. The molecule has 1 spiro atoms. The molecule has 2 unspecified atom stereocenters. The molecule has 1 aliphatic carbocycles. The predicted molar refractivity (Wildman–Crippen MR) is 152 cm³/mol. The molecular formula is C32H39N3O4. The summed E-state index contributed by atoms with van der Waals surface area (Å²) in [5.41, 5.74) is 4.39. The Morgan fingerprint density at radius 2 is 1.79 bits per heavy atom. The molecule has 2 aromatic carbocycles. The van der Waals surface area contributed by atoms with Gasteiger partial charge in [0.2, 0.25) is 0 Å². The van der Waals surface area contributed by atoms with Crippen LogP contribution in [-0.4, -0.2) is 65.0 Å². The van der Waals surface area contributed by atoms with Gasteiger partial charge in [0.05, 0.1) is 11.2 Å². The number of phenols is 1. The van der Waals surface area contributed by atoms with Gasteiger partial charge in [-0.25, -0.2) is 0 Å². The largest absolute Gasteiger partial charge is 0.508 e. The maximum absolute atomic E-state index is 13.5. The Labute approximate surface area is 231 Å². The lowest BCUT2D eigenvalue weighted by molar-refractivity contribution is -0.128. The summed E-state index contributed by atoms with van der Waals surface area (Å²) < 4.78 is 0. The van der Waals surface area contributed by atoms with Crippen molar-refractivity contribution in [2.75, 3.05) is 32.1 Å². The van der Waals surface area contributed by atoms with E-state index in [1.54, 1.807) is 23.1 Å². The van der Waals surface area contributed by atoms with Gasteiger partial charge in [0.15, 0.2) is 6.29 Å². The number of phenolic OH excluding ortho intramolecular Hbond substituents is 1. The monoisotopic (exact) mass is 529 g/mol. The molecular weight excluding hydrogens is 490 g/mol. The van der Waals surface area contributed by atoms with Crippen molar-refractivity contribution < 1.29 is 19.8 Å². The molecule has 39 heavy (non-hydrogen) atoms. The summed E-state index contributed by atoms with van der Waals surface area (Å²) in [5, 5.41) is 22.9. The molecule has 2 aliphatic heterocycles. The number of allylic oxidation sites excluding steroid dienone is 2. The topological polar surface area (TPSA) is 84.3 Å². The van der Waals surface area contributed by atoms with Crippen LogP contribution in [0.2, 0.25) is 0 Å². The quantitative estimate of drug-likeness (QED) is 0.252. The zero-order valence-corrected chi connectivity index (χ0v) is 23.4. The number of benzene rings is 2. The molecule has 0 bridgehead atoms. The highest BCUT2D eigenvalue weighted by molar-refractivity contribution is 6.11. The van der Waals surface area contributed by atoms with Crippen LogP contribution in [0, 0.1) is 0 Å². The van der Waals surface area contributed by atoms with Gasteiger partial charge in [-0.15, -0.1) is 0 Å². The molecule has 0 saturated carbocycles. The normalized spacial score (nSPS) is 24.6. The van der Waals surface area contributed by atoms with Crippen LogP contribution in [0.4, 0.5) is 5.69 Å². The van der Waals surface area contributed by atoms with Crippen LogP contribution >= 0.6 is 0 Å². The highest BCUT2D eigenvalue weighted by atomic mass is 16.3. The Hall–Kier alpha value is -3.58. The minimum Gasteiger partial charge on any atom is -0.508 e. The van der Waals surface area contributed by atoms with E-state index >= 15 is 0 Å². The number of carbonyl (C=O) groups excluding carboxylic acids is 2. The van der Waals surface area contributed by atoms with Gasteiger partial charge in [-0.3, -0.25) is 9.59 Å². The van der Waals surface area contributed by atoms with E-state index in [0.717, 1.165) is 53.2 Å². The molecule has 0 fully saturated rings. The van der Waals surface area contributed by atoms with Crippen LogP contribution in [-0.2, 0) is 28.1 Å². The number of hydrogen-bond donors (Lipinski definition) is 2. The number of rotatable bonds is 6. The number of aliphatic hydroxyl groups is 1. The van der Waals surface area contributed by atoms with Crippen molar-refractivity contribution in [1.82, 2.24) is 9.80 Å². The molecule has 3 aliphatic rings. The number of nitrogens with zero attached hydrogens (tertiary/aromatic N) is 3. The average Bonchev–Trinajstić information content (AvgIpc) is 3.38. The van der Waals surface area contributed by atoms with Crippen molar-refractivity contribution in [3.05, 3.63) is 82.1 Å². The molecule has 0 radical (unpaired) electrons. The second-order valence-electron chi connectivity index (χ2n) is 11.3. The van der Waals surface area contributed by atoms with Crippen molar-refractivity contribution in [3.8, 4) is 5.75 Å². The number of aldehydes is 1. The van der Waals surface area contributed by atoms with Crippen LogP contribution in [0.5, 0.6) is 5.75 Å². The molecule has 0 saturated heterocycles. The van der Waals surface area contributed by atoms with Crippen LogP contribution in [0.25, 0.3) is 0 Å². The maximum Gasteiger partial charge on any atom is 0.257 e. The van der Waals surface area contributed by atoms with Gasteiger partial charge < -0.3 is 24.9 Å². The van der Waals surface area contributed by atoms with Crippen molar-refractivity contribution in [1.29, 1.82) is 0 Å². The number of amides is 1. The summed E-state index contributed by atoms with van der Waals surface area (Å²) in [4.78, 5) is 31.9. The van der Waals surface area contributed by atoms with Gasteiger partial charge in [-0.1, -0.05) is 31.2 Å². The second kappa shape index (κ2) is 10.2. The lowest BCUT2D eigenvalue weighted by Crippen LogP contribution is -2.58. The lowest BCUT2D eigenvalue weighted by Gasteiger charge is -2.56. The van der Waals surface area contributed by atoms with E-state index in [4.69, 9.17) is 0 Å². The number of aromatic hydroxyl groups is 1. The number of hydrogen-bond acceptors (Lipinski definition) is 6. The summed E-state index contributed by atoms with van der Waals surface area (Å²) >= 11 is 0. The smallest absolute Gasteiger partial charge is 0.257 e. The molecule has 5 rings (SSSR count). The van der Waals surface area contributed by atoms with Crippen LogP contribution in [0.15, 0.2) is 65.4 Å². The highest BCUT2D eigenvalue weighted by Crippen LogP contribution is 2.57. The van der Waals surface area contributed by atoms with E-state index in [1.807, 2.05) is 51.4 Å². The fraction of sp³-hybridized carbons (Fsp3) is 0.438. The summed E-state index contributed by atoms with van der Waals surface area (Å²) in [6.45, 7) is 6.55. The van der Waals surface area contributed by atoms with Gasteiger partial charge in [-0.2, -0.15) is 0 Å². The van der Waals surface area contributed by atoms with Crippen LogP contribution in [0.3, 0.4) is 0 Å². The van der Waals surface area contributed by atoms with Gasteiger partial charge in [0.25, 0.3) is 5.91 Å². The molecule has 2 N–H and O–H groups in total. The molecule has 2 atom stereocenters. The van der Waals surface area contributed by atoms with E-state index in [2.05, 4.69) is 16.7 Å². The minimum absolute atomic E-state index is 0.107. The summed E-state index contributed by atoms with van der Waals surface area (Å²) in [6.07, 6.45) is 4.46. The average molecular weight is 530 g/mol. The summed E-state index contributed by atoms with van der Waals surface area (Å²) in [5.74, 6) is -0.107. The molecule has 2 heterocycles. The number of carbonyl (C=O) groups is 2. The molecule has 7 nitrogen and oxygen atoms in total. The Morgan fingerprint density at radius 1 is 1.10 bits per heavy atom. The van der Waals surface area contributed by atoms with Gasteiger partial charge in [0.1, 0.15) is 5.75 Å². The summed E-state index contributed by atoms with van der Waals surface area (Å²) in [7, 11) is 4.06. The van der Waals surface area contributed by atoms with Crippen molar-refractivity contribution >= 4 is 17.9 Å². The Bertz CT molecular complexity index is 1340. The predicted octanol–water partition coefficient (Wildman–Crippen LogP) is 4.28. The third-order valence-corrected chi connectivity index (χ3v) is 9.35. The van der Waals surface area contributed by atoms with Crippen LogP contribution < -0.4 is 4.90 Å². The standard InChI is InChI=1S/C32H39N3O4/c1-5-32(39)17-24(15-25(21-36)30(38)35-19-22-9-7-8-10-23(22)20-35)29(33(3)6-2)18-31(32)13-14-34(4)28-12-11-26(37)16-27(28)31/h7-12,15-16,21,37,39H,5-6,13-14,17-20H2,1-4H3/b25-15+. The number of fused-ring (bicyclic) bond motifs is 3. The van der Waals surface area contributed by atoms with Crippen molar-refractivity contribution in [2.45, 2.75) is 63.6 Å². The third-order valence-electron chi connectivity index (χ3n) is 9.35. The van der Waals surface area contributed by atoms with Crippen molar-refractivity contribution in [3.63, 3.8) is 0 Å². The van der Waals surface area contributed by atoms with E-state index < -0.39 is 11.0 Å². The zero-order chi connectivity index (χ0) is 27.9. The lowest BCUT2D eigenvalue weighted by atomic mass is 9.55. The highest BCUT2D eigenvalue weighted by Gasteiger charge is 2.56. The molecule has 206 valence electrons. The first-order valence-corrected chi connectivity index (χ1v) is 13.9. The molecule has 1 amide bonds. The Morgan fingerprint density at radius 3 is 2.41 bits per heavy atom. The SMILES string of the molecule is CCN(C)C1=C(/C=C(\C=O)C(=O)N2Cc3ccccc3C2)CC(O)(CC)C2(CCN(C)c3ccc(O)cc32)C1.